The summed E-state index contributed by atoms with van der Waals surface area (Å²) in [6.07, 6.45) is 2.13. The second-order valence-corrected chi connectivity index (χ2v) is 8.02. The molecule has 2 aromatic carbocycles. The summed E-state index contributed by atoms with van der Waals surface area (Å²) >= 11 is 0. The monoisotopic (exact) mass is 420 g/mol. The van der Waals surface area contributed by atoms with Crippen molar-refractivity contribution in [2.24, 2.45) is 5.92 Å². The van der Waals surface area contributed by atoms with E-state index in [1.807, 2.05) is 0 Å². The van der Waals surface area contributed by atoms with Crippen molar-refractivity contribution < 1.29 is 8.78 Å². The van der Waals surface area contributed by atoms with E-state index in [-0.39, 0.29) is 11.6 Å². The zero-order valence-electron chi connectivity index (χ0n) is 17.1. The van der Waals surface area contributed by atoms with E-state index < -0.39 is 0 Å². The van der Waals surface area contributed by atoms with Gasteiger partial charge in [0.1, 0.15) is 17.5 Å². The Hall–Kier alpha value is -3.55. The van der Waals surface area contributed by atoms with Crippen molar-refractivity contribution in [2.75, 3.05) is 23.7 Å². The van der Waals surface area contributed by atoms with E-state index >= 15 is 0 Å². The average molecular weight is 420 g/mol. The third kappa shape index (κ3) is 3.58. The molecule has 6 nitrogen and oxygen atoms in total. The van der Waals surface area contributed by atoms with Crippen molar-refractivity contribution in [1.29, 1.82) is 0 Å². The van der Waals surface area contributed by atoms with Gasteiger partial charge in [-0.05, 0) is 61.2 Å². The van der Waals surface area contributed by atoms with E-state index in [2.05, 4.69) is 16.9 Å². The maximum absolute atomic E-state index is 13.8. The fourth-order valence-corrected chi connectivity index (χ4v) is 3.97. The first kappa shape index (κ1) is 19.4. The fraction of sp³-hybridized carbons (Fsp3) is 0.261. The average Bonchev–Trinajstić information content (AvgIpc) is 3.11. The van der Waals surface area contributed by atoms with Crippen LogP contribution in [0.5, 0.6) is 0 Å². The first-order valence-electron chi connectivity index (χ1n) is 10.3. The Kier molecular flexibility index (Phi) is 4.77. The first-order chi connectivity index (χ1) is 15.0. The Morgan fingerprint density at radius 3 is 2.42 bits per heavy atom. The molecular weight excluding hydrogens is 398 g/mol. The van der Waals surface area contributed by atoms with Gasteiger partial charge in [0.25, 0.3) is 0 Å². The van der Waals surface area contributed by atoms with Crippen LogP contribution in [0.1, 0.15) is 19.8 Å². The smallest absolute Gasteiger partial charge is 0.228 e. The minimum atomic E-state index is -0.385. The van der Waals surface area contributed by atoms with Crippen LogP contribution in [0.2, 0.25) is 0 Å². The van der Waals surface area contributed by atoms with Gasteiger partial charge < -0.3 is 10.6 Å². The molecule has 5 rings (SSSR count). The van der Waals surface area contributed by atoms with Crippen LogP contribution < -0.4 is 10.6 Å². The van der Waals surface area contributed by atoms with Gasteiger partial charge in [-0.2, -0.15) is 4.98 Å². The van der Waals surface area contributed by atoms with Gasteiger partial charge in [0.2, 0.25) is 5.95 Å². The molecular formula is C23H22F2N6. The maximum atomic E-state index is 13.8. The molecule has 1 fully saturated rings. The normalized spacial score (nSPS) is 15.0. The van der Waals surface area contributed by atoms with Gasteiger partial charge in [-0.25, -0.2) is 18.4 Å². The second-order valence-electron chi connectivity index (χ2n) is 8.02. The van der Waals surface area contributed by atoms with E-state index in [0.717, 1.165) is 25.9 Å². The number of halogens is 2. The Bertz CT molecular complexity index is 1240. The van der Waals surface area contributed by atoms with Crippen LogP contribution in [0.15, 0.2) is 48.5 Å². The lowest BCUT2D eigenvalue weighted by Crippen LogP contribution is -2.34. The Morgan fingerprint density at radius 2 is 1.71 bits per heavy atom. The summed E-state index contributed by atoms with van der Waals surface area (Å²) in [5, 5.41) is 5.13. The topological polar surface area (TPSA) is 72.9 Å². The van der Waals surface area contributed by atoms with Gasteiger partial charge in [0, 0.05) is 18.7 Å². The zero-order chi connectivity index (χ0) is 21.5. The highest BCUT2D eigenvalue weighted by molar-refractivity contribution is 5.99. The third-order valence-corrected chi connectivity index (χ3v) is 5.79. The molecule has 0 saturated carbocycles. The molecule has 0 atom stereocenters. The zero-order valence-corrected chi connectivity index (χ0v) is 17.1. The summed E-state index contributed by atoms with van der Waals surface area (Å²) < 4.78 is 28.8. The van der Waals surface area contributed by atoms with E-state index in [4.69, 9.17) is 15.7 Å². The van der Waals surface area contributed by atoms with Crippen molar-refractivity contribution in [3.8, 4) is 16.9 Å². The molecule has 1 saturated heterocycles. The Balaban J connectivity index is 1.71. The van der Waals surface area contributed by atoms with Gasteiger partial charge >= 0.3 is 0 Å². The Labute approximate surface area is 178 Å². The van der Waals surface area contributed by atoms with Crippen molar-refractivity contribution in [3.05, 3.63) is 60.2 Å². The van der Waals surface area contributed by atoms with Crippen molar-refractivity contribution in [3.63, 3.8) is 0 Å². The molecule has 2 aromatic heterocycles. The van der Waals surface area contributed by atoms with Gasteiger partial charge in [-0.1, -0.05) is 13.0 Å². The van der Waals surface area contributed by atoms with Crippen LogP contribution in [-0.2, 0) is 0 Å². The van der Waals surface area contributed by atoms with Gasteiger partial charge in [-0.15, -0.1) is 5.10 Å². The number of aromatic nitrogens is 4. The molecule has 0 spiro atoms. The summed E-state index contributed by atoms with van der Waals surface area (Å²) in [5.41, 5.74) is 8.66. The molecule has 8 heteroatoms. The molecule has 3 heterocycles. The predicted molar refractivity (Wildman–Crippen MR) is 117 cm³/mol. The highest BCUT2D eigenvalue weighted by atomic mass is 19.1. The number of anilines is 2. The number of nitrogens with two attached hydrogens (primary N) is 1. The van der Waals surface area contributed by atoms with Crippen molar-refractivity contribution in [2.45, 2.75) is 19.8 Å². The lowest BCUT2D eigenvalue weighted by atomic mass is 9.99. The molecule has 0 radical (unpaired) electrons. The van der Waals surface area contributed by atoms with E-state index in [1.54, 1.807) is 24.3 Å². The van der Waals surface area contributed by atoms with Crippen LogP contribution in [0.4, 0.5) is 20.5 Å². The number of nitrogens with zero attached hydrogens (tertiary/aromatic N) is 5. The molecule has 4 aromatic rings. The van der Waals surface area contributed by atoms with Gasteiger partial charge in [-0.3, -0.25) is 0 Å². The lowest BCUT2D eigenvalue weighted by molar-refractivity contribution is 0.435. The molecule has 31 heavy (non-hydrogen) atoms. The minimum Gasteiger partial charge on any atom is -0.383 e. The third-order valence-electron chi connectivity index (χ3n) is 5.79. The molecule has 2 N–H and O–H groups in total. The Morgan fingerprint density at radius 1 is 0.968 bits per heavy atom. The number of piperidine rings is 1. The minimum absolute atomic E-state index is 0.304. The quantitative estimate of drug-likeness (QED) is 0.525. The maximum Gasteiger partial charge on any atom is 0.228 e. The van der Waals surface area contributed by atoms with Crippen LogP contribution in [-0.4, -0.2) is 32.8 Å². The number of hydrogen-bond acceptors (Lipinski definition) is 5. The van der Waals surface area contributed by atoms with Gasteiger partial charge in [0.05, 0.1) is 16.8 Å². The van der Waals surface area contributed by atoms with Crippen molar-refractivity contribution in [1.82, 2.24) is 19.7 Å². The highest BCUT2D eigenvalue weighted by Gasteiger charge is 2.23. The van der Waals surface area contributed by atoms with Gasteiger partial charge in [0.15, 0.2) is 5.65 Å². The number of rotatable bonds is 3. The first-order valence-corrected chi connectivity index (χ1v) is 10.3. The molecule has 0 aliphatic carbocycles. The summed E-state index contributed by atoms with van der Waals surface area (Å²) in [5.74, 6) is 0.827. The molecule has 0 bridgehead atoms. The van der Waals surface area contributed by atoms with E-state index in [1.165, 1.54) is 28.9 Å². The van der Waals surface area contributed by atoms with Crippen LogP contribution >= 0.6 is 0 Å². The predicted octanol–water partition coefficient (Wildman–Crippen LogP) is 4.58. The molecule has 1 aliphatic rings. The second kappa shape index (κ2) is 7.61. The number of fused-ring (bicyclic) bond motifs is 1. The van der Waals surface area contributed by atoms with Crippen LogP contribution in [0.3, 0.4) is 0 Å². The largest absolute Gasteiger partial charge is 0.383 e. The van der Waals surface area contributed by atoms with E-state index in [9.17, 15) is 8.78 Å². The van der Waals surface area contributed by atoms with Crippen molar-refractivity contribution >= 4 is 22.8 Å². The number of benzene rings is 2. The van der Waals surface area contributed by atoms with E-state index in [0.29, 0.717) is 45.7 Å². The summed E-state index contributed by atoms with van der Waals surface area (Å²) in [6, 6.07) is 12.2. The summed E-state index contributed by atoms with van der Waals surface area (Å²) in [6.45, 7) is 3.96. The summed E-state index contributed by atoms with van der Waals surface area (Å²) in [4.78, 5) is 11.7. The number of hydrogen-bond donors (Lipinski definition) is 1. The molecule has 0 unspecified atom stereocenters. The molecule has 158 valence electrons. The lowest BCUT2D eigenvalue weighted by Gasteiger charge is -2.30. The molecule has 0 amide bonds. The molecule has 1 aliphatic heterocycles. The standard InChI is InChI=1S/C23H22F2N6/c1-14-9-11-30(12-10-14)23-27-20(15-5-7-16(24)8-6-15)19-21(26)31(29-22(19)28-23)18-4-2-3-17(25)13-18/h2-8,13-14H,9-12,26H2,1H3. The SMILES string of the molecule is CC1CCN(c2nc(-c3ccc(F)cc3)c3c(N)n(-c4cccc(F)c4)nc3n2)CC1. The van der Waals surface area contributed by atoms with Crippen LogP contribution in [0.25, 0.3) is 28.0 Å². The van der Waals surface area contributed by atoms with Crippen LogP contribution in [0, 0.1) is 17.6 Å². The summed E-state index contributed by atoms with van der Waals surface area (Å²) in [7, 11) is 0. The highest BCUT2D eigenvalue weighted by Crippen LogP contribution is 2.34. The fourth-order valence-electron chi connectivity index (χ4n) is 3.97. The number of nitrogen functional groups attached to an aromatic ring is 1.